The lowest BCUT2D eigenvalue weighted by Gasteiger charge is -2.42. The summed E-state index contributed by atoms with van der Waals surface area (Å²) >= 11 is 6.21. The van der Waals surface area contributed by atoms with Crippen LogP contribution in [0.1, 0.15) is 42.4 Å². The van der Waals surface area contributed by atoms with E-state index in [1.807, 2.05) is 0 Å². The SMILES string of the molecule is CC1=CC(=O)C2=C(C1=O)C(c1cc(Cl)ccc1O)C1=CCC3C(=O)N(c4cc(C(F)(F)F)cc(C(F)(F)F)c4)C(=O)C3C1C2. The van der Waals surface area contributed by atoms with Crippen molar-refractivity contribution in [2.45, 2.75) is 38.0 Å². The third-order valence-corrected chi connectivity index (χ3v) is 8.93. The Bertz CT molecular complexity index is 1750. The van der Waals surface area contributed by atoms with Crippen molar-refractivity contribution < 1.29 is 50.6 Å². The number of phenolic OH excluding ortho intramolecular Hbond substituents is 1. The first-order valence-electron chi connectivity index (χ1n) is 13.3. The normalized spacial score (nSPS) is 25.5. The molecule has 44 heavy (non-hydrogen) atoms. The number of rotatable bonds is 2. The number of carbonyl (C=O) groups excluding carboxylic acids is 4. The van der Waals surface area contributed by atoms with E-state index in [0.717, 1.165) is 6.08 Å². The largest absolute Gasteiger partial charge is 0.508 e. The number of phenols is 1. The van der Waals surface area contributed by atoms with E-state index in [0.29, 0.717) is 22.6 Å². The molecule has 2 amide bonds. The summed E-state index contributed by atoms with van der Waals surface area (Å²) in [5, 5.41) is 11.0. The highest BCUT2D eigenvalue weighted by atomic mass is 35.5. The molecule has 4 aliphatic rings. The van der Waals surface area contributed by atoms with Gasteiger partial charge in [0.15, 0.2) is 11.6 Å². The zero-order valence-corrected chi connectivity index (χ0v) is 23.3. The molecule has 2 aromatic rings. The van der Waals surface area contributed by atoms with Crippen molar-refractivity contribution in [3.05, 3.63) is 92.6 Å². The van der Waals surface area contributed by atoms with Gasteiger partial charge in [0.25, 0.3) is 0 Å². The van der Waals surface area contributed by atoms with Gasteiger partial charge < -0.3 is 5.11 Å². The van der Waals surface area contributed by atoms with E-state index in [4.69, 9.17) is 11.6 Å². The van der Waals surface area contributed by atoms with Crippen LogP contribution in [0.25, 0.3) is 0 Å². The lowest BCUT2D eigenvalue weighted by atomic mass is 9.59. The average molecular weight is 636 g/mol. The van der Waals surface area contributed by atoms with Crippen LogP contribution in [0.5, 0.6) is 5.75 Å². The topological polar surface area (TPSA) is 91.8 Å². The molecule has 1 heterocycles. The zero-order chi connectivity index (χ0) is 32.0. The van der Waals surface area contributed by atoms with Crippen LogP contribution in [0.3, 0.4) is 0 Å². The standard InChI is InChI=1S/C31H20ClF6NO5/c1-12-6-23(41)21-11-19-17(24(26(21)27(12)42)20-10-15(32)2-5-22(20)40)3-4-18-25(19)29(44)39(28(18)43)16-8-13(30(33,34)35)7-14(9-16)31(36,37)38/h2-3,5-10,18-19,24-25,40H,4,11H2,1H3. The summed E-state index contributed by atoms with van der Waals surface area (Å²) in [5.74, 6) is -7.66. The Morgan fingerprint density at radius 2 is 1.52 bits per heavy atom. The molecule has 3 aliphatic carbocycles. The highest BCUT2D eigenvalue weighted by Gasteiger charge is 2.57. The average Bonchev–Trinajstić information content (AvgIpc) is 3.20. The Hall–Kier alpha value is -4.19. The zero-order valence-electron chi connectivity index (χ0n) is 22.5. The third kappa shape index (κ3) is 4.58. The third-order valence-electron chi connectivity index (χ3n) is 8.70. The minimum absolute atomic E-state index is 0.0462. The van der Waals surface area contributed by atoms with E-state index in [9.17, 15) is 50.6 Å². The summed E-state index contributed by atoms with van der Waals surface area (Å²) in [6.07, 6.45) is -7.99. The van der Waals surface area contributed by atoms with Crippen LogP contribution < -0.4 is 4.90 Å². The molecule has 6 nitrogen and oxygen atoms in total. The number of fused-ring (bicyclic) bond motifs is 3. The summed E-state index contributed by atoms with van der Waals surface area (Å²) in [6, 6.07) is 4.65. The van der Waals surface area contributed by atoms with Gasteiger partial charge in [-0.15, -0.1) is 0 Å². The van der Waals surface area contributed by atoms with Gasteiger partial charge in [-0.05, 0) is 68.2 Å². The number of aromatic hydroxyl groups is 1. The number of carbonyl (C=O) groups is 4. The van der Waals surface area contributed by atoms with Crippen LogP contribution in [0.2, 0.25) is 5.02 Å². The number of amides is 2. The van der Waals surface area contributed by atoms with E-state index < -0.39 is 76.2 Å². The number of ketones is 2. The molecule has 228 valence electrons. The summed E-state index contributed by atoms with van der Waals surface area (Å²) in [4.78, 5) is 54.5. The van der Waals surface area contributed by atoms with Gasteiger partial charge in [-0.1, -0.05) is 23.3 Å². The molecule has 1 aliphatic heterocycles. The molecule has 4 atom stereocenters. The quantitative estimate of drug-likeness (QED) is 0.171. The molecule has 1 saturated heterocycles. The number of alkyl halides is 6. The molecule has 0 radical (unpaired) electrons. The minimum Gasteiger partial charge on any atom is -0.508 e. The Morgan fingerprint density at radius 3 is 2.14 bits per heavy atom. The number of Topliss-reactive ketones (excluding diaryl/α,β-unsaturated/α-hetero) is 1. The van der Waals surface area contributed by atoms with Crippen molar-refractivity contribution in [3.8, 4) is 5.75 Å². The number of anilines is 1. The molecule has 13 heteroatoms. The summed E-state index contributed by atoms with van der Waals surface area (Å²) in [6.45, 7) is 1.46. The first-order chi connectivity index (χ1) is 20.5. The molecular formula is C31H20ClF6NO5. The molecule has 0 aromatic heterocycles. The van der Waals surface area contributed by atoms with E-state index in [1.165, 1.54) is 25.1 Å². The van der Waals surface area contributed by atoms with Crippen molar-refractivity contribution in [1.29, 1.82) is 0 Å². The van der Waals surface area contributed by atoms with Crippen LogP contribution in [-0.4, -0.2) is 28.5 Å². The molecule has 2 aromatic carbocycles. The van der Waals surface area contributed by atoms with Crippen LogP contribution in [-0.2, 0) is 31.5 Å². The second-order valence-corrected chi connectivity index (χ2v) is 11.6. The number of allylic oxidation sites excluding steroid dienone is 6. The van der Waals surface area contributed by atoms with Crippen LogP contribution in [0, 0.1) is 17.8 Å². The lowest BCUT2D eigenvalue weighted by Crippen LogP contribution is -2.39. The van der Waals surface area contributed by atoms with E-state index in [-0.39, 0.29) is 52.0 Å². The maximum Gasteiger partial charge on any atom is 0.416 e. The predicted octanol–water partition coefficient (Wildman–Crippen LogP) is 6.72. The minimum atomic E-state index is -5.21. The number of hydrogen-bond donors (Lipinski definition) is 1. The monoisotopic (exact) mass is 635 g/mol. The molecule has 1 fully saturated rings. The van der Waals surface area contributed by atoms with Gasteiger partial charge >= 0.3 is 12.4 Å². The van der Waals surface area contributed by atoms with Crippen molar-refractivity contribution in [2.75, 3.05) is 4.90 Å². The molecule has 0 spiro atoms. The number of benzene rings is 2. The molecule has 6 rings (SSSR count). The second-order valence-electron chi connectivity index (χ2n) is 11.2. The summed E-state index contributed by atoms with van der Waals surface area (Å²) < 4.78 is 81.5. The highest BCUT2D eigenvalue weighted by molar-refractivity contribution is 6.30. The van der Waals surface area contributed by atoms with Crippen molar-refractivity contribution in [2.24, 2.45) is 17.8 Å². The van der Waals surface area contributed by atoms with E-state index in [2.05, 4.69) is 0 Å². The fraction of sp³-hybridized carbons (Fsp3) is 0.290. The molecule has 1 N–H and O–H groups in total. The van der Waals surface area contributed by atoms with Crippen molar-refractivity contribution in [1.82, 2.24) is 0 Å². The summed E-state index contributed by atoms with van der Waals surface area (Å²) in [7, 11) is 0. The van der Waals surface area contributed by atoms with E-state index >= 15 is 0 Å². The van der Waals surface area contributed by atoms with Gasteiger partial charge in [0.05, 0.1) is 28.7 Å². The number of hydrogen-bond acceptors (Lipinski definition) is 5. The van der Waals surface area contributed by atoms with Crippen LogP contribution in [0.15, 0.2) is 70.8 Å². The summed E-state index contributed by atoms with van der Waals surface area (Å²) in [5.41, 5.74) is -3.39. The number of imide groups is 1. The van der Waals surface area contributed by atoms with Crippen molar-refractivity contribution >= 4 is 40.7 Å². The predicted molar refractivity (Wildman–Crippen MR) is 143 cm³/mol. The fourth-order valence-corrected chi connectivity index (χ4v) is 6.98. The van der Waals surface area contributed by atoms with Crippen molar-refractivity contribution in [3.63, 3.8) is 0 Å². The Balaban J connectivity index is 1.49. The maximum absolute atomic E-state index is 13.9. The van der Waals surface area contributed by atoms with Gasteiger partial charge in [-0.2, -0.15) is 26.3 Å². The number of halogens is 7. The van der Waals surface area contributed by atoms with Gasteiger partial charge in [0.1, 0.15) is 5.75 Å². The Labute approximate surface area is 250 Å². The van der Waals surface area contributed by atoms with Gasteiger partial charge in [-0.3, -0.25) is 19.2 Å². The molecule has 0 bridgehead atoms. The van der Waals surface area contributed by atoms with Gasteiger partial charge in [0.2, 0.25) is 11.8 Å². The smallest absolute Gasteiger partial charge is 0.416 e. The first-order valence-corrected chi connectivity index (χ1v) is 13.7. The van der Waals surface area contributed by atoms with E-state index in [1.54, 1.807) is 6.08 Å². The first kappa shape index (κ1) is 29.9. The fourth-order valence-electron chi connectivity index (χ4n) is 6.80. The van der Waals surface area contributed by atoms with Gasteiger partial charge in [0, 0.05) is 33.2 Å². The van der Waals surface area contributed by atoms with Crippen LogP contribution in [0.4, 0.5) is 32.0 Å². The Morgan fingerprint density at radius 1 is 0.886 bits per heavy atom. The maximum atomic E-state index is 13.9. The number of nitrogens with zero attached hydrogens (tertiary/aromatic N) is 1. The molecular weight excluding hydrogens is 616 g/mol. The van der Waals surface area contributed by atoms with Crippen LogP contribution >= 0.6 is 11.6 Å². The van der Waals surface area contributed by atoms with Gasteiger partial charge in [-0.25, -0.2) is 4.90 Å². The highest BCUT2D eigenvalue weighted by Crippen LogP contribution is 2.57. The molecule has 4 unspecified atom stereocenters. The molecule has 0 saturated carbocycles. The Kier molecular flexibility index (Phi) is 6.73. The second kappa shape index (κ2) is 9.91. The lowest BCUT2D eigenvalue weighted by molar-refractivity contribution is -0.143.